The molecule has 5 aliphatic heterocycles. The Bertz CT molecular complexity index is 3010. The van der Waals surface area contributed by atoms with E-state index in [0.29, 0.717) is 44.9 Å². The largest absolute Gasteiger partial charge is 0.494 e. The van der Waals surface area contributed by atoms with Crippen LogP contribution in [0.3, 0.4) is 0 Å². The first kappa shape index (κ1) is 33.8. The van der Waals surface area contributed by atoms with E-state index >= 15 is 0 Å². The van der Waals surface area contributed by atoms with Gasteiger partial charge in [0.25, 0.3) is 5.56 Å². The number of carbonyl (C=O) groups excluding carboxylic acids is 3. The summed E-state index contributed by atoms with van der Waals surface area (Å²) in [6, 6.07) is 37.0. The normalized spacial score (nSPS) is 22.8. The van der Waals surface area contributed by atoms with Crippen LogP contribution in [0, 0.1) is 11.8 Å². The summed E-state index contributed by atoms with van der Waals surface area (Å²) >= 11 is 3.45. The summed E-state index contributed by atoms with van der Waals surface area (Å²) in [4.78, 5) is 70.8. The quantitative estimate of drug-likeness (QED) is 0.176. The van der Waals surface area contributed by atoms with E-state index in [1.807, 2.05) is 91.0 Å². The van der Waals surface area contributed by atoms with Crippen molar-refractivity contribution in [3.8, 4) is 11.6 Å². The number of imide groups is 1. The molecule has 0 saturated carbocycles. The number of H-pyrrole nitrogens is 1. The molecule has 278 valence electrons. The Morgan fingerprint density at radius 1 is 0.789 bits per heavy atom. The molecule has 12 heteroatoms. The van der Waals surface area contributed by atoms with Crippen LogP contribution in [0.1, 0.15) is 40.2 Å². The summed E-state index contributed by atoms with van der Waals surface area (Å²) in [7, 11) is 0. The van der Waals surface area contributed by atoms with E-state index in [0.717, 1.165) is 46.0 Å². The molecule has 57 heavy (non-hydrogen) atoms. The maximum Gasteiger partial charge on any atom is 0.266 e. The van der Waals surface area contributed by atoms with Crippen molar-refractivity contribution in [2.45, 2.75) is 24.4 Å². The third kappa shape index (κ3) is 4.50. The number of Topliss-reactive ketones (excluding diaryl/α,β-unsaturated/α-hetero) is 1. The van der Waals surface area contributed by atoms with Crippen LogP contribution in [0.5, 0.6) is 5.88 Å². The summed E-state index contributed by atoms with van der Waals surface area (Å²) in [5, 5.41) is 11.4. The van der Waals surface area contributed by atoms with Crippen molar-refractivity contribution in [2.24, 2.45) is 16.8 Å². The number of aliphatic imine (C=N–C) groups is 1. The molecular weight excluding hydrogens is 784 g/mol. The van der Waals surface area contributed by atoms with Gasteiger partial charge in [-0.05, 0) is 80.1 Å². The number of amides is 2. The van der Waals surface area contributed by atoms with Crippen molar-refractivity contribution in [3.63, 3.8) is 0 Å². The van der Waals surface area contributed by atoms with Crippen LogP contribution in [0.2, 0.25) is 0 Å². The lowest BCUT2D eigenvalue weighted by Gasteiger charge is -2.38. The number of aromatic amines is 1. The third-order valence-corrected chi connectivity index (χ3v) is 12.8. The van der Waals surface area contributed by atoms with Gasteiger partial charge in [-0.2, -0.15) is 0 Å². The van der Waals surface area contributed by atoms with Crippen molar-refractivity contribution >= 4 is 72.4 Å². The maximum atomic E-state index is 14.4. The zero-order chi connectivity index (χ0) is 38.7. The van der Waals surface area contributed by atoms with Gasteiger partial charge in [0, 0.05) is 32.5 Å². The highest BCUT2D eigenvalue weighted by molar-refractivity contribution is 9.10. The second-order valence-electron chi connectivity index (χ2n) is 15.0. The number of halogens is 1. The van der Waals surface area contributed by atoms with Gasteiger partial charge in [-0.15, -0.1) is 0 Å². The molecule has 1 spiro atoms. The minimum Gasteiger partial charge on any atom is -0.494 e. The second kappa shape index (κ2) is 12.2. The molecule has 5 aliphatic rings. The van der Waals surface area contributed by atoms with E-state index in [1.54, 1.807) is 34.9 Å². The molecule has 7 aromatic rings. The number of hydrogen-bond donors (Lipinski definition) is 2. The minimum atomic E-state index is -0.984. The van der Waals surface area contributed by atoms with Crippen LogP contribution >= 0.6 is 15.9 Å². The van der Waals surface area contributed by atoms with Gasteiger partial charge in [0.2, 0.25) is 17.6 Å². The predicted molar refractivity (Wildman–Crippen MR) is 218 cm³/mol. The molecule has 3 fully saturated rings. The number of ketones is 1. The van der Waals surface area contributed by atoms with Crippen LogP contribution in [0.4, 0.5) is 11.4 Å². The Kier molecular flexibility index (Phi) is 7.26. The standard InChI is InChI=1S/C29H21BrN4O3.C16H10N2O2/c30-16-11-13-17(14-12-16)33-26(36)23-22-10-5-15-32(22)29(24(23)27(33)37)19-7-2-4-9-21(19)34-25(35)18-6-1-3-8-20(18)31-28(29)34;19-15-10-6-2-4-8-12(10)17-14(15)13-9-5-1-3-7-11(9)18-16(13)20/h1-4,6-9,11-14,22-24H,5,10,15H2;1-8,18,20H/t22?,23-,24+,29?;/m0./s1. The van der Waals surface area contributed by atoms with E-state index < -0.39 is 17.4 Å². The van der Waals surface area contributed by atoms with Crippen LogP contribution in [0.25, 0.3) is 27.5 Å². The maximum absolute atomic E-state index is 14.4. The van der Waals surface area contributed by atoms with Crippen molar-refractivity contribution in [1.29, 1.82) is 0 Å². The summed E-state index contributed by atoms with van der Waals surface area (Å²) in [5.41, 5.74) is 4.45. The first-order chi connectivity index (χ1) is 27.8. The van der Waals surface area contributed by atoms with E-state index in [4.69, 9.17) is 4.98 Å². The topological polar surface area (TPSA) is 141 Å². The van der Waals surface area contributed by atoms with Gasteiger partial charge in [-0.25, -0.2) is 14.9 Å². The lowest BCUT2D eigenvalue weighted by atomic mass is 9.75. The van der Waals surface area contributed by atoms with Crippen molar-refractivity contribution in [2.75, 3.05) is 11.4 Å². The summed E-state index contributed by atoms with van der Waals surface area (Å²) in [6.45, 7) is 0.744. The number of para-hydroxylation sites is 4. The van der Waals surface area contributed by atoms with Gasteiger partial charge in [0.15, 0.2) is 5.88 Å². The number of carbonyl (C=O) groups is 3. The fraction of sp³-hybridized carbons (Fsp3) is 0.156. The van der Waals surface area contributed by atoms with Crippen molar-refractivity contribution < 1.29 is 19.5 Å². The van der Waals surface area contributed by atoms with Crippen molar-refractivity contribution in [3.05, 3.63) is 159 Å². The molecular formula is C45H31BrN6O5. The molecule has 2 aromatic heterocycles. The second-order valence-corrected chi connectivity index (χ2v) is 15.9. The number of nitrogens with one attached hydrogen (secondary N) is 1. The van der Waals surface area contributed by atoms with Gasteiger partial charge in [-0.3, -0.25) is 28.6 Å². The van der Waals surface area contributed by atoms with Crippen LogP contribution in [-0.2, 0) is 15.1 Å². The van der Waals surface area contributed by atoms with Gasteiger partial charge in [-0.1, -0.05) is 76.6 Å². The Hall–Kier alpha value is -6.50. The van der Waals surface area contributed by atoms with E-state index in [-0.39, 0.29) is 35.1 Å². The number of benzene rings is 5. The number of aromatic nitrogens is 3. The van der Waals surface area contributed by atoms with Crippen LogP contribution in [0.15, 0.2) is 136 Å². The Balaban J connectivity index is 0.000000158. The first-order valence-electron chi connectivity index (χ1n) is 18.8. The SMILES string of the molecule is O=C1C(c2c(O)[nH]c3ccccc23)=Nc2ccccc21.O=C1[C@H]2C3CCCN3C3(c4ccccc4-n4c3nc3ccccc3c4=O)[C@H]2C(=O)N1c1ccc(Br)cc1. The number of anilines is 1. The number of nitrogens with zero attached hydrogens (tertiary/aromatic N) is 5. The fourth-order valence-electron chi connectivity index (χ4n) is 10.1. The molecule has 4 atom stereocenters. The molecule has 12 rings (SSSR count). The smallest absolute Gasteiger partial charge is 0.266 e. The number of rotatable bonds is 2. The van der Waals surface area contributed by atoms with E-state index in [1.165, 1.54) is 4.90 Å². The lowest BCUT2D eigenvalue weighted by Crippen LogP contribution is -2.51. The molecule has 3 saturated heterocycles. The lowest BCUT2D eigenvalue weighted by molar-refractivity contribution is -0.124. The summed E-state index contributed by atoms with van der Waals surface area (Å²) in [6.07, 6.45) is 1.76. The van der Waals surface area contributed by atoms with Crippen LogP contribution in [-0.4, -0.2) is 60.4 Å². The monoisotopic (exact) mass is 814 g/mol. The Morgan fingerprint density at radius 3 is 2.33 bits per heavy atom. The zero-order valence-electron chi connectivity index (χ0n) is 30.1. The molecule has 5 aromatic carbocycles. The molecule has 0 aliphatic carbocycles. The van der Waals surface area contributed by atoms with Gasteiger partial charge in [0.1, 0.15) is 17.1 Å². The van der Waals surface area contributed by atoms with E-state index in [9.17, 15) is 24.3 Å². The molecule has 2 unspecified atom stereocenters. The Labute approximate surface area is 333 Å². The molecule has 0 radical (unpaired) electrons. The molecule has 7 heterocycles. The van der Waals surface area contributed by atoms with Crippen molar-refractivity contribution in [1.82, 2.24) is 19.4 Å². The number of fused-ring (bicyclic) bond motifs is 13. The number of hydrogen-bond acceptors (Lipinski definition) is 8. The predicted octanol–water partition coefficient (Wildman–Crippen LogP) is 7.18. The third-order valence-electron chi connectivity index (χ3n) is 12.2. The average Bonchev–Trinajstić information content (AvgIpc) is 4.06. The molecule has 2 amide bonds. The Morgan fingerprint density at radius 2 is 1.51 bits per heavy atom. The van der Waals surface area contributed by atoms with Gasteiger partial charge < -0.3 is 10.1 Å². The molecule has 2 N–H and O–H groups in total. The molecule has 0 bridgehead atoms. The highest BCUT2D eigenvalue weighted by Gasteiger charge is 2.73. The summed E-state index contributed by atoms with van der Waals surface area (Å²) < 4.78 is 2.57. The number of aromatic hydroxyl groups is 1. The summed E-state index contributed by atoms with van der Waals surface area (Å²) in [5.74, 6) is -1.18. The highest BCUT2D eigenvalue weighted by atomic mass is 79.9. The van der Waals surface area contributed by atoms with Gasteiger partial charge >= 0.3 is 0 Å². The van der Waals surface area contributed by atoms with Crippen LogP contribution < -0.4 is 10.5 Å². The minimum absolute atomic E-state index is 0.0221. The first-order valence-corrected chi connectivity index (χ1v) is 19.6. The average molecular weight is 816 g/mol. The molecule has 11 nitrogen and oxygen atoms in total. The fourth-order valence-corrected chi connectivity index (χ4v) is 10.3. The van der Waals surface area contributed by atoms with Gasteiger partial charge in [0.05, 0.1) is 45.4 Å². The van der Waals surface area contributed by atoms with E-state index in [2.05, 4.69) is 30.8 Å². The highest BCUT2D eigenvalue weighted by Crippen LogP contribution is 2.62. The zero-order valence-corrected chi connectivity index (χ0v) is 31.7.